The summed E-state index contributed by atoms with van der Waals surface area (Å²) in [6.07, 6.45) is 3.59. The van der Waals surface area contributed by atoms with Crippen molar-refractivity contribution in [2.75, 3.05) is 25.0 Å². The molecule has 6 rings (SSSR count). The van der Waals surface area contributed by atoms with Crippen LogP contribution in [0.4, 0.5) is 15.0 Å². The van der Waals surface area contributed by atoms with Crippen LogP contribution in [0.5, 0.6) is 0 Å². The smallest absolute Gasteiger partial charge is 0.320 e. The maximum absolute atomic E-state index is 14.9. The predicted molar refractivity (Wildman–Crippen MR) is 132 cm³/mol. The lowest BCUT2D eigenvalue weighted by atomic mass is 9.96. The SMILES string of the molecule is O=C(Nc1cccc(-c2nnc3n2CCCC3)n1)c1cc2c(cc1F)CCN(C(=O)N1CC[C@@H](O)C1)C2. The van der Waals surface area contributed by atoms with E-state index in [0.29, 0.717) is 44.0 Å². The second kappa shape index (κ2) is 9.55. The monoisotopic (exact) mass is 505 g/mol. The van der Waals surface area contributed by atoms with Gasteiger partial charge in [0, 0.05) is 39.1 Å². The molecule has 1 atom stereocenters. The van der Waals surface area contributed by atoms with Gasteiger partial charge in [-0.25, -0.2) is 14.2 Å². The number of likely N-dealkylation sites (tertiary alicyclic amines) is 1. The Hall–Kier alpha value is -3.86. The van der Waals surface area contributed by atoms with Gasteiger partial charge in [0.05, 0.1) is 11.7 Å². The quantitative estimate of drug-likeness (QED) is 0.565. The minimum Gasteiger partial charge on any atom is -0.391 e. The molecule has 0 saturated carbocycles. The third-order valence-corrected chi connectivity index (χ3v) is 7.33. The Morgan fingerprint density at radius 3 is 2.76 bits per heavy atom. The summed E-state index contributed by atoms with van der Waals surface area (Å²) >= 11 is 0. The molecule has 1 fully saturated rings. The van der Waals surface area contributed by atoms with Crippen molar-refractivity contribution < 1.29 is 19.1 Å². The molecule has 3 aromatic rings. The molecule has 0 unspecified atom stereocenters. The first-order valence-corrected chi connectivity index (χ1v) is 12.7. The van der Waals surface area contributed by atoms with Crippen molar-refractivity contribution in [3.8, 4) is 11.5 Å². The summed E-state index contributed by atoms with van der Waals surface area (Å²) in [5.74, 6) is 0.654. The molecule has 11 heteroatoms. The average molecular weight is 506 g/mol. The first-order chi connectivity index (χ1) is 18.0. The van der Waals surface area contributed by atoms with Crippen LogP contribution in [0.15, 0.2) is 30.3 Å². The first-order valence-electron chi connectivity index (χ1n) is 12.7. The Kier molecular flexibility index (Phi) is 6.07. The number of β-amino-alcohol motifs (C(OH)–C–C–N with tert-alkyl or cyclic N) is 1. The summed E-state index contributed by atoms with van der Waals surface area (Å²) in [6, 6.07) is 8.00. The lowest BCUT2D eigenvalue weighted by Gasteiger charge is -2.32. The molecule has 0 bridgehead atoms. The molecule has 3 aliphatic rings. The molecule has 3 amide bonds. The van der Waals surface area contributed by atoms with Crippen LogP contribution in [0.3, 0.4) is 0 Å². The largest absolute Gasteiger partial charge is 0.391 e. The first kappa shape index (κ1) is 23.5. The van der Waals surface area contributed by atoms with Crippen LogP contribution in [0.2, 0.25) is 0 Å². The number of aryl methyl sites for hydroxylation is 1. The van der Waals surface area contributed by atoms with Gasteiger partial charge in [-0.2, -0.15) is 0 Å². The number of hydrogen-bond donors (Lipinski definition) is 2. The van der Waals surface area contributed by atoms with Crippen molar-refractivity contribution in [3.63, 3.8) is 0 Å². The molecule has 2 N–H and O–H groups in total. The van der Waals surface area contributed by atoms with Gasteiger partial charge >= 0.3 is 6.03 Å². The van der Waals surface area contributed by atoms with E-state index in [4.69, 9.17) is 0 Å². The van der Waals surface area contributed by atoms with E-state index < -0.39 is 17.8 Å². The maximum Gasteiger partial charge on any atom is 0.320 e. The van der Waals surface area contributed by atoms with Crippen molar-refractivity contribution >= 4 is 17.8 Å². The summed E-state index contributed by atoms with van der Waals surface area (Å²) in [6.45, 7) is 2.42. The van der Waals surface area contributed by atoms with Crippen LogP contribution in [-0.2, 0) is 25.9 Å². The summed E-state index contributed by atoms with van der Waals surface area (Å²) in [4.78, 5) is 33.8. The maximum atomic E-state index is 14.9. The fraction of sp³-hybridized carbons (Fsp3) is 0.423. The molecular formula is C26H28FN7O3. The molecule has 37 heavy (non-hydrogen) atoms. The third kappa shape index (κ3) is 4.55. The summed E-state index contributed by atoms with van der Waals surface area (Å²) in [5.41, 5.74) is 2.02. The number of halogens is 1. The number of anilines is 1. The minimum absolute atomic E-state index is 0.100. The number of aliphatic hydroxyl groups excluding tert-OH is 1. The van der Waals surface area contributed by atoms with Crippen molar-refractivity contribution in [1.82, 2.24) is 29.5 Å². The van der Waals surface area contributed by atoms with Gasteiger partial charge in [0.2, 0.25) is 0 Å². The number of aliphatic hydroxyl groups is 1. The highest BCUT2D eigenvalue weighted by Gasteiger charge is 2.31. The number of fused-ring (bicyclic) bond motifs is 2. The van der Waals surface area contributed by atoms with E-state index in [2.05, 4.69) is 25.1 Å². The van der Waals surface area contributed by atoms with E-state index in [1.54, 1.807) is 21.9 Å². The molecule has 192 valence electrons. The number of aromatic nitrogens is 4. The minimum atomic E-state index is -0.612. The number of pyridine rings is 1. The Morgan fingerprint density at radius 2 is 1.92 bits per heavy atom. The highest BCUT2D eigenvalue weighted by atomic mass is 19.1. The van der Waals surface area contributed by atoms with E-state index in [1.165, 1.54) is 12.1 Å². The van der Waals surface area contributed by atoms with Gasteiger partial charge in [0.15, 0.2) is 5.82 Å². The van der Waals surface area contributed by atoms with Crippen LogP contribution in [-0.4, -0.2) is 72.3 Å². The van der Waals surface area contributed by atoms with E-state index in [-0.39, 0.29) is 24.0 Å². The number of amides is 3. The van der Waals surface area contributed by atoms with Crippen molar-refractivity contribution in [1.29, 1.82) is 0 Å². The topological polar surface area (TPSA) is 116 Å². The number of rotatable bonds is 3. The molecule has 10 nitrogen and oxygen atoms in total. The zero-order valence-electron chi connectivity index (χ0n) is 20.4. The predicted octanol–water partition coefficient (Wildman–Crippen LogP) is 2.61. The van der Waals surface area contributed by atoms with E-state index in [1.807, 2.05) is 6.07 Å². The van der Waals surface area contributed by atoms with Gasteiger partial charge < -0.3 is 24.8 Å². The van der Waals surface area contributed by atoms with Gasteiger partial charge in [0.25, 0.3) is 5.91 Å². The van der Waals surface area contributed by atoms with E-state index in [9.17, 15) is 19.1 Å². The second-order valence-corrected chi connectivity index (χ2v) is 9.85. The van der Waals surface area contributed by atoms with Gasteiger partial charge in [-0.1, -0.05) is 6.07 Å². The fourth-order valence-corrected chi connectivity index (χ4v) is 5.34. The van der Waals surface area contributed by atoms with Crippen LogP contribution >= 0.6 is 0 Å². The molecule has 0 spiro atoms. The number of urea groups is 1. The Bertz CT molecular complexity index is 1370. The zero-order valence-corrected chi connectivity index (χ0v) is 20.4. The van der Waals surface area contributed by atoms with Crippen LogP contribution < -0.4 is 5.32 Å². The van der Waals surface area contributed by atoms with Gasteiger partial charge in [-0.15, -0.1) is 10.2 Å². The average Bonchev–Trinajstić information content (AvgIpc) is 3.54. The Morgan fingerprint density at radius 1 is 1.03 bits per heavy atom. The molecule has 0 radical (unpaired) electrons. The normalized spacial score (nSPS) is 18.9. The lowest BCUT2D eigenvalue weighted by molar-refractivity contribution is 0.102. The number of hydrogen-bond acceptors (Lipinski definition) is 6. The molecule has 0 aliphatic carbocycles. The zero-order chi connectivity index (χ0) is 25.5. The molecule has 5 heterocycles. The van der Waals surface area contributed by atoms with Crippen molar-refractivity contribution in [3.05, 3.63) is 58.7 Å². The standard InChI is InChI=1S/C26H28FN7O3/c27-20-13-16-7-10-32(26(37)33-11-8-18(35)15-33)14-17(16)12-19(20)25(36)29-22-5-3-4-21(28-22)24-31-30-23-6-1-2-9-34(23)24/h3-5,12-13,18,35H,1-2,6-11,14-15H2,(H,28,29,36)/t18-/m1/s1. The van der Waals surface area contributed by atoms with Crippen LogP contribution in [0.1, 0.15) is 46.6 Å². The molecular weight excluding hydrogens is 477 g/mol. The molecule has 1 saturated heterocycles. The number of carbonyl (C=O) groups excluding carboxylic acids is 2. The van der Waals surface area contributed by atoms with Gasteiger partial charge in [-0.3, -0.25) is 4.79 Å². The number of benzene rings is 1. The molecule has 2 aromatic heterocycles. The van der Waals surface area contributed by atoms with Crippen molar-refractivity contribution in [2.45, 2.75) is 51.3 Å². The van der Waals surface area contributed by atoms with Crippen LogP contribution in [0, 0.1) is 5.82 Å². The second-order valence-electron chi connectivity index (χ2n) is 9.85. The Balaban J connectivity index is 1.20. The summed E-state index contributed by atoms with van der Waals surface area (Å²) < 4.78 is 17.0. The summed E-state index contributed by atoms with van der Waals surface area (Å²) in [7, 11) is 0. The van der Waals surface area contributed by atoms with Crippen molar-refractivity contribution in [2.24, 2.45) is 0 Å². The molecule has 1 aromatic carbocycles. The summed E-state index contributed by atoms with van der Waals surface area (Å²) in [5, 5.41) is 21.0. The third-order valence-electron chi connectivity index (χ3n) is 7.33. The highest BCUT2D eigenvalue weighted by molar-refractivity contribution is 6.04. The number of nitrogens with zero attached hydrogens (tertiary/aromatic N) is 6. The molecule has 3 aliphatic heterocycles. The van der Waals surface area contributed by atoms with Gasteiger partial charge in [0.1, 0.15) is 23.2 Å². The fourth-order valence-electron chi connectivity index (χ4n) is 5.34. The van der Waals surface area contributed by atoms with Gasteiger partial charge in [-0.05, 0) is 61.1 Å². The van der Waals surface area contributed by atoms with E-state index >= 15 is 0 Å². The van der Waals surface area contributed by atoms with Crippen LogP contribution in [0.25, 0.3) is 11.5 Å². The van der Waals surface area contributed by atoms with E-state index in [0.717, 1.165) is 42.8 Å². The Labute approximate surface area is 213 Å². The highest BCUT2D eigenvalue weighted by Crippen LogP contribution is 2.26. The number of carbonyl (C=O) groups is 2. The lowest BCUT2D eigenvalue weighted by Crippen LogP contribution is -2.44. The number of nitrogens with one attached hydrogen (secondary N) is 1.